The minimum Gasteiger partial charge on any atom is -0.354 e. The molecule has 1 fully saturated rings. The van der Waals surface area contributed by atoms with Crippen LogP contribution in [0.4, 0.5) is 0 Å². The molecule has 6 rings (SSSR count). The first-order valence-electron chi connectivity index (χ1n) is 10.8. The fraction of sp³-hybridized carbons (Fsp3) is 0.304. The Morgan fingerprint density at radius 3 is 2.73 bits per heavy atom. The van der Waals surface area contributed by atoms with Crippen molar-refractivity contribution in [3.8, 4) is 5.75 Å². The summed E-state index contributed by atoms with van der Waals surface area (Å²) in [6.07, 6.45) is 7.71. The third kappa shape index (κ3) is 3.05. The predicted molar refractivity (Wildman–Crippen MR) is 125 cm³/mol. The predicted octanol–water partition coefficient (Wildman–Crippen LogP) is 3.50. The topological polar surface area (TPSA) is 104 Å². The van der Waals surface area contributed by atoms with Gasteiger partial charge in [-0.2, -0.15) is 0 Å². The van der Waals surface area contributed by atoms with Gasteiger partial charge in [-0.3, -0.25) is 0 Å². The molecule has 8 nitrogen and oxygen atoms in total. The summed E-state index contributed by atoms with van der Waals surface area (Å²) in [6, 6.07) is 10.0. The highest BCUT2D eigenvalue weighted by molar-refractivity contribution is 6.42. The van der Waals surface area contributed by atoms with E-state index in [0.717, 1.165) is 37.9 Å². The van der Waals surface area contributed by atoms with Crippen LogP contribution in [0.3, 0.4) is 0 Å². The molecule has 1 aromatic carbocycles. The molecule has 4 heterocycles. The molecule has 168 valence electrons. The number of nitrogens with two attached hydrogens (primary N) is 1. The monoisotopic (exact) mass is 481 g/mol. The van der Waals surface area contributed by atoms with Crippen molar-refractivity contribution in [2.24, 2.45) is 11.1 Å². The summed E-state index contributed by atoms with van der Waals surface area (Å²) in [5, 5.41) is 8.11. The fourth-order valence-corrected chi connectivity index (χ4v) is 5.64. The number of nitrogens with one attached hydrogen (secondary N) is 1. The first-order valence-corrected chi connectivity index (χ1v) is 11.5. The number of benzene rings is 1. The summed E-state index contributed by atoms with van der Waals surface area (Å²) in [7, 11) is 0. The van der Waals surface area contributed by atoms with Crippen LogP contribution in [0.1, 0.15) is 29.7 Å². The first-order chi connectivity index (χ1) is 16.0. The van der Waals surface area contributed by atoms with Crippen molar-refractivity contribution < 1.29 is 4.84 Å². The number of piperidine rings is 1. The number of fused-ring (bicyclic) bond motifs is 2. The van der Waals surface area contributed by atoms with Crippen molar-refractivity contribution >= 4 is 34.4 Å². The molecule has 1 aliphatic heterocycles. The van der Waals surface area contributed by atoms with Crippen LogP contribution in [0, 0.1) is 5.41 Å². The first kappa shape index (κ1) is 20.8. The maximum Gasteiger partial charge on any atom is 0.218 e. The van der Waals surface area contributed by atoms with Crippen molar-refractivity contribution in [3.05, 3.63) is 75.9 Å². The number of pyridine rings is 1. The zero-order chi connectivity index (χ0) is 22.6. The third-order valence-electron chi connectivity index (χ3n) is 7.02. The Labute approximate surface area is 200 Å². The molecule has 3 aromatic heterocycles. The Morgan fingerprint density at radius 1 is 1.06 bits per heavy atom. The van der Waals surface area contributed by atoms with Crippen LogP contribution in [0.5, 0.6) is 5.75 Å². The Kier molecular flexibility index (Phi) is 4.81. The van der Waals surface area contributed by atoms with Gasteiger partial charge in [0.2, 0.25) is 5.65 Å². The van der Waals surface area contributed by atoms with E-state index in [1.165, 1.54) is 16.6 Å². The Bertz CT molecular complexity index is 1370. The molecule has 1 aliphatic carbocycles. The number of hydrogen-bond donors (Lipinski definition) is 2. The summed E-state index contributed by atoms with van der Waals surface area (Å²) >= 11 is 12.3. The number of nitrogens with zero attached hydrogens (tertiary/aromatic N) is 5. The van der Waals surface area contributed by atoms with Crippen LogP contribution < -0.4 is 15.9 Å². The molecule has 1 saturated heterocycles. The van der Waals surface area contributed by atoms with Gasteiger partial charge < -0.3 is 15.9 Å². The summed E-state index contributed by atoms with van der Waals surface area (Å²) in [4.78, 5) is 20.7. The van der Waals surface area contributed by atoms with Gasteiger partial charge in [-0.1, -0.05) is 52.3 Å². The summed E-state index contributed by atoms with van der Waals surface area (Å²) in [5.74, 6) is 0.317. The molecular formula is C23H21Cl2N7O. The van der Waals surface area contributed by atoms with Gasteiger partial charge in [0.1, 0.15) is 10.5 Å². The van der Waals surface area contributed by atoms with Gasteiger partial charge in [0.05, 0.1) is 23.6 Å². The lowest BCUT2D eigenvalue weighted by atomic mass is 9.63. The van der Waals surface area contributed by atoms with E-state index < -0.39 is 5.54 Å². The van der Waals surface area contributed by atoms with Gasteiger partial charge in [-0.25, -0.2) is 15.0 Å². The molecule has 1 spiro atoms. The molecule has 2 aliphatic rings. The van der Waals surface area contributed by atoms with Gasteiger partial charge in [-0.15, -0.1) is 5.10 Å². The molecule has 4 aromatic rings. The van der Waals surface area contributed by atoms with Crippen LogP contribution in [0.2, 0.25) is 10.2 Å². The highest BCUT2D eigenvalue weighted by Crippen LogP contribution is 2.56. The molecule has 0 radical (unpaired) electrons. The Balaban J connectivity index is 1.49. The van der Waals surface area contributed by atoms with E-state index in [1.54, 1.807) is 18.5 Å². The van der Waals surface area contributed by atoms with E-state index >= 15 is 0 Å². The standard InChI is InChI=1S/C23H21Cl2N7O/c24-19-17(5-8-28-20(19)25)33-32-21-16(12-30-32)29-13-18(31-21)23(26)15-4-2-1-3-14(15)11-22(23)6-9-27-10-7-22/h1-5,8,12-13,27H,6-7,9-11,26H2. The zero-order valence-electron chi connectivity index (χ0n) is 17.6. The van der Waals surface area contributed by atoms with Crippen molar-refractivity contribution in [1.82, 2.24) is 30.2 Å². The lowest BCUT2D eigenvalue weighted by Gasteiger charge is -2.46. The number of halogens is 2. The molecule has 0 amide bonds. The third-order valence-corrected chi connectivity index (χ3v) is 7.76. The maximum atomic E-state index is 7.36. The number of hydrogen-bond acceptors (Lipinski definition) is 7. The number of rotatable bonds is 3. The number of aromatic nitrogens is 5. The van der Waals surface area contributed by atoms with Crippen molar-refractivity contribution in [1.29, 1.82) is 0 Å². The zero-order valence-corrected chi connectivity index (χ0v) is 19.1. The van der Waals surface area contributed by atoms with E-state index in [0.29, 0.717) is 22.6 Å². The van der Waals surface area contributed by atoms with Gasteiger partial charge in [0.15, 0.2) is 10.9 Å². The summed E-state index contributed by atoms with van der Waals surface area (Å²) < 4.78 is 0. The van der Waals surface area contributed by atoms with Gasteiger partial charge in [-0.05, 0) is 43.5 Å². The van der Waals surface area contributed by atoms with Gasteiger partial charge in [0.25, 0.3) is 0 Å². The molecule has 1 unspecified atom stereocenters. The second-order valence-electron chi connectivity index (χ2n) is 8.66. The van der Waals surface area contributed by atoms with Crippen molar-refractivity contribution in [3.63, 3.8) is 0 Å². The van der Waals surface area contributed by atoms with E-state index in [2.05, 4.69) is 38.6 Å². The normalized spacial score (nSPS) is 21.4. The average molecular weight is 482 g/mol. The summed E-state index contributed by atoms with van der Waals surface area (Å²) in [6.45, 7) is 1.84. The van der Waals surface area contributed by atoms with E-state index in [9.17, 15) is 0 Å². The average Bonchev–Trinajstić information content (AvgIpc) is 3.34. The minimum atomic E-state index is -0.778. The smallest absolute Gasteiger partial charge is 0.218 e. The molecule has 3 N–H and O–H groups in total. The quantitative estimate of drug-likeness (QED) is 0.431. The van der Waals surface area contributed by atoms with Gasteiger partial charge >= 0.3 is 0 Å². The van der Waals surface area contributed by atoms with E-state index in [-0.39, 0.29) is 15.6 Å². The second-order valence-corrected chi connectivity index (χ2v) is 9.40. The molecular weight excluding hydrogens is 461 g/mol. The van der Waals surface area contributed by atoms with Crippen LogP contribution in [-0.2, 0) is 12.0 Å². The highest BCUT2D eigenvalue weighted by atomic mass is 35.5. The van der Waals surface area contributed by atoms with E-state index in [4.69, 9.17) is 38.8 Å². The van der Waals surface area contributed by atoms with Crippen molar-refractivity contribution in [2.75, 3.05) is 13.1 Å². The lowest BCUT2D eigenvalue weighted by Crippen LogP contribution is -2.55. The SMILES string of the molecule is NC1(c2cnc3cnn(Oc4ccnc(Cl)c4Cl)c3n2)c2ccccc2CC12CCNCC2. The van der Waals surface area contributed by atoms with Crippen LogP contribution in [0.25, 0.3) is 11.2 Å². The van der Waals surface area contributed by atoms with E-state index in [1.807, 2.05) is 6.07 Å². The van der Waals surface area contributed by atoms with Crippen LogP contribution in [-0.4, -0.2) is 38.0 Å². The molecule has 33 heavy (non-hydrogen) atoms. The Hall–Kier alpha value is -2.78. The Morgan fingerprint density at radius 2 is 1.88 bits per heavy atom. The second kappa shape index (κ2) is 7.63. The largest absolute Gasteiger partial charge is 0.354 e. The maximum absolute atomic E-state index is 7.36. The molecule has 0 saturated carbocycles. The van der Waals surface area contributed by atoms with Crippen LogP contribution in [0.15, 0.2) is 48.9 Å². The van der Waals surface area contributed by atoms with Gasteiger partial charge in [0, 0.05) is 17.7 Å². The lowest BCUT2D eigenvalue weighted by molar-refractivity contribution is 0.117. The molecule has 1 atom stereocenters. The fourth-order valence-electron chi connectivity index (χ4n) is 5.34. The molecule has 10 heteroatoms. The highest BCUT2D eigenvalue weighted by Gasteiger charge is 2.57. The summed E-state index contributed by atoms with van der Waals surface area (Å²) in [5.41, 5.74) is 10.6. The molecule has 0 bridgehead atoms. The minimum absolute atomic E-state index is 0.141. The van der Waals surface area contributed by atoms with Crippen molar-refractivity contribution in [2.45, 2.75) is 24.8 Å². The van der Waals surface area contributed by atoms with Crippen LogP contribution >= 0.6 is 23.2 Å².